The number of rotatable bonds is 6. The fraction of sp³-hybridized carbons (Fsp3) is 0. The number of hydrogen-bond acceptors (Lipinski definition) is 2. The molecule has 0 radical (unpaired) electrons. The minimum Gasteiger partial charge on any atom is -0.407 e. The first-order valence-corrected chi connectivity index (χ1v) is 14.9. The van der Waals surface area contributed by atoms with Gasteiger partial charge in [0, 0.05) is 44.5 Å². The molecule has 4 heteroatoms. The Morgan fingerprint density at radius 3 is 1.00 bits per heavy atom. The molecule has 46 heavy (non-hydrogen) atoms. The quantitative estimate of drug-likeness (QED) is 0.148. The number of benzene rings is 4. The van der Waals surface area contributed by atoms with Gasteiger partial charge in [-0.25, -0.2) is 0 Å². The summed E-state index contributed by atoms with van der Waals surface area (Å²) in [4.78, 5) is 0. The van der Waals surface area contributed by atoms with Gasteiger partial charge >= 0.3 is 0 Å². The molecule has 0 aliphatic heterocycles. The Morgan fingerprint density at radius 1 is 0.391 bits per heavy atom. The molecule has 0 saturated carbocycles. The van der Waals surface area contributed by atoms with E-state index in [1.807, 2.05) is 72.8 Å². The van der Waals surface area contributed by atoms with Crippen molar-refractivity contribution < 1.29 is 9.47 Å². The van der Waals surface area contributed by atoms with E-state index in [4.69, 9.17) is 22.3 Å². The molecule has 0 bridgehead atoms. The molecule has 4 aromatic rings. The molecule has 0 saturated heterocycles. The van der Waals surface area contributed by atoms with Crippen LogP contribution in [0.25, 0.3) is 11.1 Å². The van der Waals surface area contributed by atoms with E-state index >= 15 is 0 Å². The van der Waals surface area contributed by atoms with Crippen molar-refractivity contribution in [3.8, 4) is 108 Å². The lowest BCUT2D eigenvalue weighted by molar-refractivity contribution is 0.520. The Morgan fingerprint density at radius 2 is 0.674 bits per heavy atom. The van der Waals surface area contributed by atoms with Gasteiger partial charge < -0.3 is 9.47 Å². The van der Waals surface area contributed by atoms with Crippen LogP contribution >= 0.6 is 31.9 Å². The van der Waals surface area contributed by atoms with Crippen LogP contribution in [0.1, 0.15) is 22.3 Å². The summed E-state index contributed by atoms with van der Waals surface area (Å²) in [5, 5.41) is 0. The van der Waals surface area contributed by atoms with Crippen LogP contribution in [0.4, 0.5) is 0 Å². The Bertz CT molecular complexity index is 2060. The van der Waals surface area contributed by atoms with Crippen molar-refractivity contribution >= 4 is 43.0 Å². The highest BCUT2D eigenvalue weighted by Crippen LogP contribution is 2.38. The van der Waals surface area contributed by atoms with Crippen LogP contribution in [0.2, 0.25) is 0 Å². The highest BCUT2D eigenvalue weighted by atomic mass is 79.9. The fourth-order valence-electron chi connectivity index (χ4n) is 4.00. The third-order valence-electron chi connectivity index (χ3n) is 5.89. The maximum Gasteiger partial charge on any atom is 0.140 e. The van der Waals surface area contributed by atoms with Crippen LogP contribution in [-0.4, -0.2) is 0 Å². The van der Waals surface area contributed by atoms with Gasteiger partial charge in [-0.1, -0.05) is 80.4 Å². The molecule has 0 heterocycles. The van der Waals surface area contributed by atoms with E-state index in [0.717, 1.165) is 42.3 Å². The van der Waals surface area contributed by atoms with Crippen molar-refractivity contribution in [2.75, 3.05) is 0 Å². The summed E-state index contributed by atoms with van der Waals surface area (Å²) in [6, 6.07) is 31.9. The standard InChI is InChI=1S/C42H18Br2O2/c1-3-5-7-9-11-13-31-45-39-27-19-35(20-28-39)41(33-15-23-37(43)24-16-33)42(34-17-25-38(44)26-18-34)36-21-29-40(30-22-36)46-32-14-12-10-8-6-4-2/h1-2,15-30H/b42-41-. The monoisotopic (exact) mass is 712 g/mol. The van der Waals surface area contributed by atoms with E-state index in [9.17, 15) is 0 Å². The van der Waals surface area contributed by atoms with E-state index in [1.165, 1.54) is 0 Å². The van der Waals surface area contributed by atoms with Crippen LogP contribution in [0.3, 0.4) is 0 Å². The van der Waals surface area contributed by atoms with E-state index in [2.05, 4.69) is 139 Å². The Labute approximate surface area is 286 Å². The van der Waals surface area contributed by atoms with Crippen molar-refractivity contribution in [1.29, 1.82) is 0 Å². The van der Waals surface area contributed by atoms with Gasteiger partial charge in [0.05, 0.1) is 0 Å². The molecule has 0 fully saturated rings. The predicted molar refractivity (Wildman–Crippen MR) is 192 cm³/mol. The average molecular weight is 714 g/mol. The molecule has 0 amide bonds. The summed E-state index contributed by atoms with van der Waals surface area (Å²) in [6.07, 6.45) is 15.3. The average Bonchev–Trinajstić information content (AvgIpc) is 3.08. The topological polar surface area (TPSA) is 18.5 Å². The Kier molecular flexibility index (Phi) is 12.5. The van der Waals surface area contributed by atoms with Crippen molar-refractivity contribution in [2.24, 2.45) is 0 Å². The maximum atomic E-state index is 5.56. The second-order valence-corrected chi connectivity index (χ2v) is 10.6. The van der Waals surface area contributed by atoms with Crippen molar-refractivity contribution in [3.05, 3.63) is 128 Å². The largest absolute Gasteiger partial charge is 0.407 e. The summed E-state index contributed by atoms with van der Waals surface area (Å²) in [7, 11) is 0. The molecule has 0 spiro atoms. The molecule has 0 atom stereocenters. The lowest BCUT2D eigenvalue weighted by atomic mass is 9.86. The molecule has 4 rings (SSSR count). The molecular formula is C42H18Br2O2. The van der Waals surface area contributed by atoms with E-state index in [1.54, 1.807) is 0 Å². The van der Waals surface area contributed by atoms with Gasteiger partial charge in [0.2, 0.25) is 0 Å². The van der Waals surface area contributed by atoms with Gasteiger partial charge in [0.25, 0.3) is 0 Å². The Balaban J connectivity index is 1.78. The third-order valence-corrected chi connectivity index (χ3v) is 6.94. The Hall–Kier alpha value is -6.34. The number of terminal acetylenes is 2. The van der Waals surface area contributed by atoms with Gasteiger partial charge in [-0.05, 0) is 117 Å². The minimum atomic E-state index is 0.573. The van der Waals surface area contributed by atoms with Crippen molar-refractivity contribution in [2.45, 2.75) is 0 Å². The molecule has 4 aromatic carbocycles. The molecule has 0 aliphatic carbocycles. The normalized spacial score (nSPS) is 9.22. The van der Waals surface area contributed by atoms with E-state index in [-0.39, 0.29) is 0 Å². The van der Waals surface area contributed by atoms with Crippen molar-refractivity contribution in [1.82, 2.24) is 0 Å². The van der Waals surface area contributed by atoms with Gasteiger partial charge in [-0.3, -0.25) is 0 Å². The second-order valence-electron chi connectivity index (χ2n) is 8.76. The SMILES string of the molecule is C#CC#CC#CC#COc1ccc(/C(=C(/c2ccc(Br)cc2)c2ccc(OC#CC#CC#CC#C)cc2)c2ccc(Br)cc2)cc1. The maximum absolute atomic E-state index is 5.56. The lowest BCUT2D eigenvalue weighted by Crippen LogP contribution is -1.98. The third kappa shape index (κ3) is 9.86. The van der Waals surface area contributed by atoms with Gasteiger partial charge in [0.15, 0.2) is 0 Å². The second kappa shape index (κ2) is 17.7. The van der Waals surface area contributed by atoms with Crippen molar-refractivity contribution in [3.63, 3.8) is 0 Å². The summed E-state index contributed by atoms with van der Waals surface area (Å²) >= 11 is 7.14. The highest BCUT2D eigenvalue weighted by molar-refractivity contribution is 9.10. The zero-order chi connectivity index (χ0) is 32.4. The lowest BCUT2D eigenvalue weighted by Gasteiger charge is -2.18. The number of ether oxygens (including phenoxy) is 2. The summed E-state index contributed by atoms with van der Waals surface area (Å²) < 4.78 is 13.1. The van der Waals surface area contributed by atoms with E-state index in [0.29, 0.717) is 11.5 Å². The highest BCUT2D eigenvalue weighted by Gasteiger charge is 2.17. The molecule has 2 nitrogen and oxygen atoms in total. The molecule has 212 valence electrons. The van der Waals surface area contributed by atoms with E-state index < -0.39 is 0 Å². The molecule has 0 N–H and O–H groups in total. The zero-order valence-corrected chi connectivity index (χ0v) is 27.1. The number of halogens is 2. The molecule has 0 aromatic heterocycles. The van der Waals surface area contributed by atoms with Crippen LogP contribution in [0, 0.1) is 96.1 Å². The molecular weight excluding hydrogens is 696 g/mol. The number of hydrogen-bond donors (Lipinski definition) is 0. The summed E-state index contributed by atoms with van der Waals surface area (Å²) in [5.41, 5.74) is 6.03. The smallest absolute Gasteiger partial charge is 0.140 e. The minimum absolute atomic E-state index is 0.573. The summed E-state index contributed by atoms with van der Waals surface area (Å²) in [6.45, 7) is 0. The van der Waals surface area contributed by atoms with Gasteiger partial charge in [-0.2, -0.15) is 0 Å². The first-order valence-electron chi connectivity index (χ1n) is 13.3. The van der Waals surface area contributed by atoms with Crippen LogP contribution in [0.15, 0.2) is 106 Å². The predicted octanol–water partition coefficient (Wildman–Crippen LogP) is 8.18. The molecule has 0 aliphatic rings. The fourth-order valence-corrected chi connectivity index (χ4v) is 4.53. The van der Waals surface area contributed by atoms with Gasteiger partial charge in [0.1, 0.15) is 23.7 Å². The first kappa shape index (κ1) is 32.6. The summed E-state index contributed by atoms with van der Waals surface area (Å²) in [5.74, 6) is 30.8. The molecule has 0 unspecified atom stereocenters. The van der Waals surface area contributed by atoms with Crippen LogP contribution < -0.4 is 9.47 Å². The van der Waals surface area contributed by atoms with Gasteiger partial charge in [-0.15, -0.1) is 12.8 Å². The zero-order valence-electron chi connectivity index (χ0n) is 24.0. The van der Waals surface area contributed by atoms with Crippen LogP contribution in [0.5, 0.6) is 11.5 Å². The first-order chi connectivity index (χ1) is 22.6. The van der Waals surface area contributed by atoms with Crippen LogP contribution in [-0.2, 0) is 0 Å².